The molecule has 0 unspecified atom stereocenters. The summed E-state index contributed by atoms with van der Waals surface area (Å²) in [6.07, 6.45) is 6.07. The van der Waals surface area contributed by atoms with E-state index in [2.05, 4.69) is 6.08 Å². The number of pyridine rings is 1. The fourth-order valence-corrected chi connectivity index (χ4v) is 6.04. The summed E-state index contributed by atoms with van der Waals surface area (Å²) in [5.41, 5.74) is 3.79. The Morgan fingerprint density at radius 1 is 1.19 bits per heavy atom. The van der Waals surface area contributed by atoms with Crippen molar-refractivity contribution in [1.82, 2.24) is 4.40 Å². The van der Waals surface area contributed by atoms with E-state index in [1.165, 1.54) is 11.3 Å². The smallest absolute Gasteiger partial charge is 0.341 e. The maximum absolute atomic E-state index is 13.5. The molecule has 0 aliphatic rings. The average molecular weight is 450 g/mol. The molecule has 0 bridgehead atoms. The number of fused-ring (bicyclic) bond motifs is 3. The first-order valence-electron chi connectivity index (χ1n) is 10.1. The highest BCUT2D eigenvalue weighted by atomic mass is 32.2. The van der Waals surface area contributed by atoms with Gasteiger partial charge in [0.1, 0.15) is 0 Å². The maximum Gasteiger partial charge on any atom is 0.341 e. The first-order valence-corrected chi connectivity index (χ1v) is 11.9. The van der Waals surface area contributed by atoms with Gasteiger partial charge in [-0.15, -0.1) is 23.1 Å². The van der Waals surface area contributed by atoms with Crippen molar-refractivity contribution in [3.8, 4) is 0 Å². The van der Waals surface area contributed by atoms with Crippen molar-refractivity contribution in [2.24, 2.45) is 0 Å². The van der Waals surface area contributed by atoms with Gasteiger partial charge in [0.15, 0.2) is 0 Å². The lowest BCUT2D eigenvalue weighted by molar-refractivity contribution is 0.0531. The highest BCUT2D eigenvalue weighted by molar-refractivity contribution is 8.01. The topological polar surface area (TPSA) is 47.8 Å². The number of hydrogen-bond donors (Lipinski definition) is 0. The number of aromatic nitrogens is 1. The Balaban J connectivity index is 2.05. The molecular weight excluding hydrogens is 426 g/mol. The SMILES string of the molecule is C/C=C/CSc1sc(C(=O)c2ccccc2)c2c(C(=O)OCC)c3cc(C)ccn3c12. The van der Waals surface area contributed by atoms with E-state index in [0.29, 0.717) is 21.4 Å². The number of rotatable bonds is 7. The van der Waals surface area contributed by atoms with Crippen molar-refractivity contribution in [2.75, 3.05) is 12.4 Å². The van der Waals surface area contributed by atoms with Crippen molar-refractivity contribution < 1.29 is 14.3 Å². The van der Waals surface area contributed by atoms with E-state index < -0.39 is 5.97 Å². The molecule has 3 heterocycles. The van der Waals surface area contributed by atoms with Crippen LogP contribution in [-0.2, 0) is 4.74 Å². The quantitative estimate of drug-likeness (QED) is 0.139. The maximum atomic E-state index is 13.5. The van der Waals surface area contributed by atoms with Gasteiger partial charge in [0.05, 0.1) is 32.3 Å². The van der Waals surface area contributed by atoms with Gasteiger partial charge in [-0.2, -0.15) is 0 Å². The van der Waals surface area contributed by atoms with Gasteiger partial charge < -0.3 is 9.14 Å². The molecule has 0 N–H and O–H groups in total. The number of esters is 1. The number of ketones is 1. The van der Waals surface area contributed by atoms with E-state index >= 15 is 0 Å². The van der Waals surface area contributed by atoms with Crippen LogP contribution in [0.25, 0.3) is 16.4 Å². The van der Waals surface area contributed by atoms with Gasteiger partial charge in [-0.05, 0) is 38.5 Å². The first kappa shape index (κ1) is 21.4. The third kappa shape index (κ3) is 3.93. The summed E-state index contributed by atoms with van der Waals surface area (Å²) in [6.45, 7) is 6.05. The fourth-order valence-electron chi connectivity index (χ4n) is 3.58. The predicted molar refractivity (Wildman–Crippen MR) is 129 cm³/mol. The summed E-state index contributed by atoms with van der Waals surface area (Å²) in [7, 11) is 0. The number of aryl methyl sites for hydroxylation is 1. The lowest BCUT2D eigenvalue weighted by atomic mass is 10.1. The summed E-state index contributed by atoms with van der Waals surface area (Å²) in [6, 6.07) is 13.2. The van der Waals surface area contributed by atoms with E-state index in [9.17, 15) is 9.59 Å². The second-order valence-electron chi connectivity index (χ2n) is 7.07. The summed E-state index contributed by atoms with van der Waals surface area (Å²) in [5.74, 6) is 0.316. The highest BCUT2D eigenvalue weighted by Crippen LogP contribution is 2.44. The Morgan fingerprint density at radius 3 is 2.68 bits per heavy atom. The molecule has 158 valence electrons. The molecule has 0 saturated carbocycles. The number of ether oxygens (including phenoxy) is 1. The van der Waals surface area contributed by atoms with E-state index in [4.69, 9.17) is 4.74 Å². The number of allylic oxidation sites excluding steroid dienone is 1. The van der Waals surface area contributed by atoms with Gasteiger partial charge >= 0.3 is 5.97 Å². The summed E-state index contributed by atoms with van der Waals surface area (Å²) >= 11 is 3.12. The molecule has 6 heteroatoms. The zero-order valence-corrected chi connectivity index (χ0v) is 19.3. The van der Waals surface area contributed by atoms with Gasteiger partial charge in [-0.1, -0.05) is 42.5 Å². The van der Waals surface area contributed by atoms with Crippen LogP contribution in [0.15, 0.2) is 65.0 Å². The first-order chi connectivity index (χ1) is 15.1. The second-order valence-corrected chi connectivity index (χ2v) is 9.38. The third-order valence-corrected chi connectivity index (χ3v) is 7.37. The van der Waals surface area contributed by atoms with Crippen LogP contribution in [0.2, 0.25) is 0 Å². The zero-order valence-electron chi connectivity index (χ0n) is 17.7. The minimum absolute atomic E-state index is 0.0772. The Kier molecular flexibility index (Phi) is 6.30. The average Bonchev–Trinajstić information content (AvgIpc) is 3.29. The molecule has 3 aromatic heterocycles. The Bertz CT molecular complexity index is 1300. The molecule has 0 aliphatic heterocycles. The minimum atomic E-state index is -0.398. The van der Waals surface area contributed by atoms with Crippen molar-refractivity contribution in [1.29, 1.82) is 0 Å². The monoisotopic (exact) mass is 449 g/mol. The summed E-state index contributed by atoms with van der Waals surface area (Å²) in [5, 5.41) is 0.686. The standard InChI is InChI=1S/C25H23NO3S2/c1-4-6-14-30-25-21-20(23(31-25)22(27)17-10-8-7-9-11-17)19(24(28)29-5-2)18-15-16(3)12-13-26(18)21/h4,6-13,15H,5,14H2,1-3H3/b6-4+. The van der Waals surface area contributed by atoms with Crippen LogP contribution >= 0.6 is 23.1 Å². The van der Waals surface area contributed by atoms with Gasteiger partial charge in [-0.3, -0.25) is 4.79 Å². The van der Waals surface area contributed by atoms with Crippen LogP contribution in [-0.4, -0.2) is 28.5 Å². The minimum Gasteiger partial charge on any atom is -0.462 e. The largest absolute Gasteiger partial charge is 0.462 e. The molecule has 4 rings (SSSR count). The second kappa shape index (κ2) is 9.12. The van der Waals surface area contributed by atoms with Crippen LogP contribution in [0.4, 0.5) is 0 Å². The molecule has 0 amide bonds. The lowest BCUT2D eigenvalue weighted by Gasteiger charge is -2.04. The number of thioether (sulfide) groups is 1. The van der Waals surface area contributed by atoms with Crippen LogP contribution in [0, 0.1) is 6.92 Å². The number of thiophene rings is 1. The van der Waals surface area contributed by atoms with E-state index in [1.807, 2.05) is 73.0 Å². The van der Waals surface area contributed by atoms with E-state index in [-0.39, 0.29) is 12.4 Å². The Labute approximate surface area is 189 Å². The normalized spacial score (nSPS) is 11.6. The van der Waals surface area contributed by atoms with Gasteiger partial charge in [0.25, 0.3) is 0 Å². The molecule has 4 aromatic rings. The van der Waals surface area contributed by atoms with Crippen molar-refractivity contribution in [3.05, 3.63) is 82.4 Å². The Hall–Kier alpha value is -2.83. The van der Waals surface area contributed by atoms with Crippen molar-refractivity contribution in [3.63, 3.8) is 0 Å². The molecule has 1 aromatic carbocycles. The molecular formula is C25H23NO3S2. The number of carbonyl (C=O) groups excluding carboxylic acids is 2. The molecule has 0 radical (unpaired) electrons. The van der Waals surface area contributed by atoms with Crippen LogP contribution in [0.3, 0.4) is 0 Å². The van der Waals surface area contributed by atoms with Gasteiger partial charge in [-0.25, -0.2) is 4.79 Å². The summed E-state index contributed by atoms with van der Waals surface area (Å²) in [4.78, 5) is 27.1. The third-order valence-electron chi connectivity index (χ3n) is 4.98. The molecule has 0 saturated heterocycles. The number of hydrogen-bond acceptors (Lipinski definition) is 5. The van der Waals surface area contributed by atoms with Gasteiger partial charge in [0.2, 0.25) is 5.78 Å². The summed E-state index contributed by atoms with van der Waals surface area (Å²) < 4.78 is 8.45. The molecule has 0 fully saturated rings. The fraction of sp³-hybridized carbons (Fsp3) is 0.200. The van der Waals surface area contributed by atoms with E-state index in [1.54, 1.807) is 18.7 Å². The number of nitrogens with zero attached hydrogens (tertiary/aromatic N) is 1. The van der Waals surface area contributed by atoms with Crippen molar-refractivity contribution in [2.45, 2.75) is 25.0 Å². The van der Waals surface area contributed by atoms with Crippen LogP contribution in [0.1, 0.15) is 45.0 Å². The van der Waals surface area contributed by atoms with E-state index in [0.717, 1.165) is 26.6 Å². The number of benzene rings is 1. The predicted octanol–water partition coefficient (Wildman–Crippen LogP) is 6.54. The molecule has 31 heavy (non-hydrogen) atoms. The molecule has 0 atom stereocenters. The van der Waals surface area contributed by atoms with Gasteiger partial charge in [0, 0.05) is 22.9 Å². The van der Waals surface area contributed by atoms with Crippen molar-refractivity contribution >= 4 is 51.3 Å². The van der Waals surface area contributed by atoms with Crippen LogP contribution < -0.4 is 0 Å². The zero-order chi connectivity index (χ0) is 22.0. The van der Waals surface area contributed by atoms with Crippen LogP contribution in [0.5, 0.6) is 0 Å². The highest BCUT2D eigenvalue weighted by Gasteiger charge is 2.29. The Morgan fingerprint density at radius 2 is 1.97 bits per heavy atom. The molecule has 0 spiro atoms. The lowest BCUT2D eigenvalue weighted by Crippen LogP contribution is -2.06. The molecule has 4 nitrogen and oxygen atoms in total. The molecule has 0 aliphatic carbocycles. The number of carbonyl (C=O) groups is 2.